The van der Waals surface area contributed by atoms with Crippen molar-refractivity contribution >= 4 is 33.0 Å². The Balaban J connectivity index is 1.81. The maximum Gasteiger partial charge on any atom is 0.266 e. The summed E-state index contributed by atoms with van der Waals surface area (Å²) in [5, 5.41) is 8.27. The average molecular weight is 399 g/mol. The third-order valence-corrected chi connectivity index (χ3v) is 6.10. The Morgan fingerprint density at radius 1 is 1.00 bits per heavy atom. The summed E-state index contributed by atoms with van der Waals surface area (Å²) < 4.78 is 29.8. The van der Waals surface area contributed by atoms with Gasteiger partial charge in [-0.25, -0.2) is 8.42 Å². The lowest BCUT2D eigenvalue weighted by Crippen LogP contribution is -2.30. The molecule has 0 aliphatic rings. The predicted octanol–water partition coefficient (Wildman–Crippen LogP) is 3.78. The van der Waals surface area contributed by atoms with Crippen LogP contribution in [0.1, 0.15) is 5.56 Å². The summed E-state index contributed by atoms with van der Waals surface area (Å²) in [6.45, 7) is 0.160. The number of halogens is 1. The standard InChI is InChI=1S/C19H15ClN4O2S/c20-16-6-4-5-15(11-16)12-24(17-7-2-1-3-8-17)27(25,26)18-9-10-19-22-21-14-23(19)13-18/h1-11,13-14H,12H2. The van der Waals surface area contributed by atoms with Crippen molar-refractivity contribution in [2.45, 2.75) is 11.4 Å². The highest BCUT2D eigenvalue weighted by Crippen LogP contribution is 2.26. The van der Waals surface area contributed by atoms with Gasteiger partial charge in [-0.2, -0.15) is 0 Å². The summed E-state index contributed by atoms with van der Waals surface area (Å²) in [5.41, 5.74) is 1.94. The van der Waals surface area contributed by atoms with Gasteiger partial charge in [0, 0.05) is 11.2 Å². The van der Waals surface area contributed by atoms with E-state index in [9.17, 15) is 8.42 Å². The van der Waals surface area contributed by atoms with Gasteiger partial charge in [-0.05, 0) is 42.0 Å². The number of hydrogen-bond donors (Lipinski definition) is 0. The molecule has 2 aromatic heterocycles. The number of fused-ring (bicyclic) bond motifs is 1. The fraction of sp³-hybridized carbons (Fsp3) is 0.0526. The average Bonchev–Trinajstić information content (AvgIpc) is 3.14. The van der Waals surface area contributed by atoms with Crippen LogP contribution in [0, 0.1) is 0 Å². The number of nitrogens with zero attached hydrogens (tertiary/aromatic N) is 4. The first-order valence-electron chi connectivity index (χ1n) is 8.16. The second-order valence-electron chi connectivity index (χ2n) is 5.94. The molecule has 0 fully saturated rings. The molecule has 0 saturated heterocycles. The summed E-state index contributed by atoms with van der Waals surface area (Å²) in [6, 6.07) is 19.3. The molecule has 0 saturated carbocycles. The molecule has 4 aromatic rings. The molecule has 0 amide bonds. The fourth-order valence-corrected chi connectivity index (χ4v) is 4.47. The summed E-state index contributed by atoms with van der Waals surface area (Å²) in [4.78, 5) is 0.153. The summed E-state index contributed by atoms with van der Waals surface area (Å²) in [6.07, 6.45) is 2.98. The maximum atomic E-state index is 13.4. The Bertz CT molecular complexity index is 1190. The predicted molar refractivity (Wildman–Crippen MR) is 104 cm³/mol. The van der Waals surface area contributed by atoms with Crippen molar-refractivity contribution in [2.75, 3.05) is 4.31 Å². The Morgan fingerprint density at radius 2 is 1.81 bits per heavy atom. The van der Waals surface area contributed by atoms with Crippen LogP contribution in [0.4, 0.5) is 5.69 Å². The molecular weight excluding hydrogens is 384 g/mol. The Morgan fingerprint density at radius 3 is 2.59 bits per heavy atom. The van der Waals surface area contributed by atoms with Crippen LogP contribution in [0.2, 0.25) is 5.02 Å². The molecule has 0 N–H and O–H groups in total. The topological polar surface area (TPSA) is 67.6 Å². The molecule has 2 heterocycles. The van der Waals surface area contributed by atoms with Gasteiger partial charge in [-0.15, -0.1) is 10.2 Å². The lowest BCUT2D eigenvalue weighted by Gasteiger charge is -2.24. The summed E-state index contributed by atoms with van der Waals surface area (Å²) >= 11 is 6.07. The first-order valence-corrected chi connectivity index (χ1v) is 9.97. The Hall–Kier alpha value is -2.90. The minimum atomic E-state index is -3.82. The maximum absolute atomic E-state index is 13.4. The first-order chi connectivity index (χ1) is 13.0. The minimum absolute atomic E-state index is 0.153. The molecule has 0 bridgehead atoms. The van der Waals surface area contributed by atoms with E-state index in [0.717, 1.165) is 5.56 Å². The number of pyridine rings is 1. The van der Waals surface area contributed by atoms with Crippen molar-refractivity contribution in [3.63, 3.8) is 0 Å². The van der Waals surface area contributed by atoms with Gasteiger partial charge in [0.15, 0.2) is 5.65 Å². The highest BCUT2D eigenvalue weighted by atomic mass is 35.5. The van der Waals surface area contributed by atoms with E-state index in [4.69, 9.17) is 11.6 Å². The molecular formula is C19H15ClN4O2S. The van der Waals surface area contributed by atoms with Crippen molar-refractivity contribution in [1.29, 1.82) is 0 Å². The van der Waals surface area contributed by atoms with Gasteiger partial charge in [-0.1, -0.05) is 41.9 Å². The van der Waals surface area contributed by atoms with E-state index in [0.29, 0.717) is 16.4 Å². The molecule has 0 unspecified atom stereocenters. The van der Waals surface area contributed by atoms with Crippen LogP contribution in [0.5, 0.6) is 0 Å². The SMILES string of the molecule is O=S(=O)(c1ccc2nncn2c1)N(Cc1cccc(Cl)c1)c1ccccc1. The van der Waals surface area contributed by atoms with Gasteiger partial charge in [0.25, 0.3) is 10.0 Å². The van der Waals surface area contributed by atoms with E-state index >= 15 is 0 Å². The third kappa shape index (κ3) is 3.51. The molecule has 8 heteroatoms. The number of sulfonamides is 1. The van der Waals surface area contributed by atoms with E-state index in [1.54, 1.807) is 52.9 Å². The number of aromatic nitrogens is 3. The zero-order valence-electron chi connectivity index (χ0n) is 14.1. The van der Waals surface area contributed by atoms with Gasteiger partial charge >= 0.3 is 0 Å². The molecule has 0 radical (unpaired) electrons. The lowest BCUT2D eigenvalue weighted by molar-refractivity contribution is 0.590. The molecule has 136 valence electrons. The Labute approximate surface area is 161 Å². The normalized spacial score (nSPS) is 11.6. The molecule has 0 atom stereocenters. The summed E-state index contributed by atoms with van der Waals surface area (Å²) in [5.74, 6) is 0. The zero-order valence-corrected chi connectivity index (χ0v) is 15.7. The van der Waals surface area contributed by atoms with Crippen LogP contribution in [0.25, 0.3) is 5.65 Å². The Kier molecular flexibility index (Phi) is 4.55. The molecule has 4 rings (SSSR count). The molecule has 0 aliphatic carbocycles. The van der Waals surface area contributed by atoms with E-state index < -0.39 is 10.0 Å². The van der Waals surface area contributed by atoms with Gasteiger partial charge in [0.05, 0.1) is 12.2 Å². The molecule has 0 aliphatic heterocycles. The number of benzene rings is 2. The van der Waals surface area contributed by atoms with Crippen molar-refractivity contribution < 1.29 is 8.42 Å². The van der Waals surface area contributed by atoms with E-state index in [-0.39, 0.29) is 11.4 Å². The number of hydrogen-bond acceptors (Lipinski definition) is 4. The number of anilines is 1. The van der Waals surface area contributed by atoms with Crippen LogP contribution in [0.3, 0.4) is 0 Å². The molecule has 6 nitrogen and oxygen atoms in total. The number of rotatable bonds is 5. The minimum Gasteiger partial charge on any atom is -0.288 e. The molecule has 27 heavy (non-hydrogen) atoms. The van der Waals surface area contributed by atoms with Crippen molar-refractivity contribution in [1.82, 2.24) is 14.6 Å². The van der Waals surface area contributed by atoms with Crippen LogP contribution >= 0.6 is 11.6 Å². The fourth-order valence-electron chi connectivity index (χ4n) is 2.80. The second-order valence-corrected chi connectivity index (χ2v) is 8.24. The molecule has 2 aromatic carbocycles. The largest absolute Gasteiger partial charge is 0.288 e. The quantitative estimate of drug-likeness (QED) is 0.513. The summed E-state index contributed by atoms with van der Waals surface area (Å²) in [7, 11) is -3.82. The van der Waals surface area contributed by atoms with Crippen molar-refractivity contribution in [2.24, 2.45) is 0 Å². The van der Waals surface area contributed by atoms with Crippen molar-refractivity contribution in [3.8, 4) is 0 Å². The third-order valence-electron chi connectivity index (χ3n) is 4.11. The second kappa shape index (κ2) is 7.02. The highest BCUT2D eigenvalue weighted by Gasteiger charge is 2.26. The van der Waals surface area contributed by atoms with Gasteiger partial charge in [0.1, 0.15) is 11.2 Å². The van der Waals surface area contributed by atoms with Gasteiger partial charge in [-0.3, -0.25) is 8.71 Å². The van der Waals surface area contributed by atoms with E-state index in [1.807, 2.05) is 12.1 Å². The zero-order chi connectivity index (χ0) is 18.9. The van der Waals surface area contributed by atoms with E-state index in [2.05, 4.69) is 10.2 Å². The van der Waals surface area contributed by atoms with Crippen LogP contribution < -0.4 is 4.31 Å². The van der Waals surface area contributed by atoms with E-state index in [1.165, 1.54) is 22.9 Å². The van der Waals surface area contributed by atoms with Crippen LogP contribution in [-0.2, 0) is 16.6 Å². The first kappa shape index (κ1) is 17.5. The van der Waals surface area contributed by atoms with Gasteiger partial charge < -0.3 is 0 Å². The highest BCUT2D eigenvalue weighted by molar-refractivity contribution is 7.92. The van der Waals surface area contributed by atoms with Crippen molar-refractivity contribution in [3.05, 3.63) is 89.8 Å². The van der Waals surface area contributed by atoms with Crippen LogP contribution in [0.15, 0.2) is 84.1 Å². The van der Waals surface area contributed by atoms with Crippen LogP contribution in [-0.4, -0.2) is 23.0 Å². The smallest absolute Gasteiger partial charge is 0.266 e. The molecule has 0 spiro atoms. The lowest BCUT2D eigenvalue weighted by atomic mass is 10.2. The monoisotopic (exact) mass is 398 g/mol. The van der Waals surface area contributed by atoms with Gasteiger partial charge in [0.2, 0.25) is 0 Å². The number of para-hydroxylation sites is 1.